The van der Waals surface area contributed by atoms with Crippen LogP contribution >= 0.6 is 0 Å². The summed E-state index contributed by atoms with van der Waals surface area (Å²) in [5.41, 5.74) is -0.758. The van der Waals surface area contributed by atoms with Crippen LogP contribution in [0, 0.1) is 0 Å². The summed E-state index contributed by atoms with van der Waals surface area (Å²) >= 11 is 0. The summed E-state index contributed by atoms with van der Waals surface area (Å²) in [4.78, 5) is 25.2. The number of ether oxygens (including phenoxy) is 3. The van der Waals surface area contributed by atoms with Crippen LogP contribution in [0.4, 0.5) is 0 Å². The predicted molar refractivity (Wildman–Crippen MR) is 142 cm³/mol. The summed E-state index contributed by atoms with van der Waals surface area (Å²) in [5, 5.41) is 80.6. The number of phenols is 5. The lowest BCUT2D eigenvalue weighted by atomic mass is 9.99. The first kappa shape index (κ1) is 28.5. The Morgan fingerprint density at radius 3 is 2.24 bits per heavy atom. The highest BCUT2D eigenvalue weighted by Crippen LogP contribution is 2.43. The van der Waals surface area contributed by atoms with Crippen molar-refractivity contribution < 1.29 is 64.3 Å². The lowest BCUT2D eigenvalue weighted by Crippen LogP contribution is -2.60. The molecule has 1 saturated heterocycles. The van der Waals surface area contributed by atoms with Crippen LogP contribution in [0.3, 0.4) is 0 Å². The van der Waals surface area contributed by atoms with Gasteiger partial charge < -0.3 is 59.5 Å². The summed E-state index contributed by atoms with van der Waals surface area (Å²) in [7, 11) is 0. The van der Waals surface area contributed by atoms with Crippen molar-refractivity contribution in [2.75, 3.05) is 6.61 Å². The van der Waals surface area contributed by atoms with E-state index in [4.69, 9.17) is 18.6 Å². The third-order valence-electron chi connectivity index (χ3n) is 6.56. The van der Waals surface area contributed by atoms with E-state index in [2.05, 4.69) is 0 Å². The minimum Gasteiger partial charge on any atom is -0.508 e. The Labute approximate surface area is 234 Å². The molecule has 8 N–H and O–H groups in total. The molecular weight excluding hydrogens is 560 g/mol. The van der Waals surface area contributed by atoms with Gasteiger partial charge in [0.1, 0.15) is 53.3 Å². The minimum absolute atomic E-state index is 0.0411. The van der Waals surface area contributed by atoms with Crippen molar-refractivity contribution in [3.05, 3.63) is 64.3 Å². The Balaban J connectivity index is 1.37. The second-order valence-electron chi connectivity index (χ2n) is 9.40. The molecule has 0 amide bonds. The third-order valence-corrected chi connectivity index (χ3v) is 6.56. The SMILES string of the molecule is O=C(/C=C/c1ccc(O)cc1)OC[C@H]1O[C@@H](Oc2c(O)cc3oc4cc(O)c(O)cc4c(=O)c3c2O)[C@H](O)[C@@H](O)[C@@H]1O. The highest BCUT2D eigenvalue weighted by atomic mass is 16.7. The normalized spacial score (nSPS) is 22.5. The van der Waals surface area contributed by atoms with E-state index >= 15 is 0 Å². The first-order chi connectivity index (χ1) is 19.9. The van der Waals surface area contributed by atoms with Crippen molar-refractivity contribution in [2.45, 2.75) is 30.7 Å². The molecule has 0 radical (unpaired) electrons. The third kappa shape index (κ3) is 5.34. The quantitative estimate of drug-likeness (QED) is 0.0681. The molecule has 0 bridgehead atoms. The van der Waals surface area contributed by atoms with Gasteiger partial charge in [-0.05, 0) is 29.8 Å². The van der Waals surface area contributed by atoms with Crippen LogP contribution in [0.2, 0.25) is 0 Å². The van der Waals surface area contributed by atoms with E-state index in [9.17, 15) is 50.4 Å². The van der Waals surface area contributed by atoms with Gasteiger partial charge in [-0.3, -0.25) is 4.79 Å². The van der Waals surface area contributed by atoms with Gasteiger partial charge in [-0.1, -0.05) is 12.1 Å². The first-order valence-electron chi connectivity index (χ1n) is 12.3. The fraction of sp³-hybridized carbons (Fsp3) is 0.214. The lowest BCUT2D eigenvalue weighted by Gasteiger charge is -2.39. The zero-order valence-corrected chi connectivity index (χ0v) is 21.3. The number of phenolic OH excluding ortho intramolecular Hbond substituents is 5. The number of fused-ring (bicyclic) bond motifs is 2. The van der Waals surface area contributed by atoms with Gasteiger partial charge in [0.15, 0.2) is 23.0 Å². The van der Waals surface area contributed by atoms with Crippen LogP contribution in [0.25, 0.3) is 28.0 Å². The molecule has 220 valence electrons. The van der Waals surface area contributed by atoms with Crippen molar-refractivity contribution in [1.29, 1.82) is 0 Å². The molecule has 4 aromatic rings. The van der Waals surface area contributed by atoms with Crippen molar-refractivity contribution in [3.63, 3.8) is 0 Å². The molecule has 5 rings (SSSR count). The van der Waals surface area contributed by atoms with Crippen LogP contribution in [0.1, 0.15) is 5.56 Å². The van der Waals surface area contributed by atoms with Crippen LogP contribution in [-0.2, 0) is 14.3 Å². The molecule has 0 aliphatic carbocycles. The molecule has 2 heterocycles. The number of hydrogen-bond acceptors (Lipinski definition) is 14. The number of carbonyl (C=O) groups is 1. The van der Waals surface area contributed by atoms with E-state index < -0.39 is 82.8 Å². The second-order valence-corrected chi connectivity index (χ2v) is 9.40. The standard InChI is InChI=1S/C28H24O14/c29-12-4-1-11(2-5-12)3-6-20(33)39-10-19-23(35)25(37)26(38)28(41-19)42-27-16(32)9-18-21(24(27)36)22(34)13-7-14(30)15(31)8-17(13)40-18/h1-9,19,23,25-26,28-32,35-38H,10H2/b6-3+/t19-,23-,25+,26-,28+/m1/s1. The van der Waals surface area contributed by atoms with Crippen LogP contribution in [0.15, 0.2) is 57.8 Å². The number of aromatic hydroxyl groups is 5. The molecule has 1 aliphatic heterocycles. The number of esters is 1. The molecule has 42 heavy (non-hydrogen) atoms. The fourth-order valence-corrected chi connectivity index (χ4v) is 4.33. The van der Waals surface area contributed by atoms with Gasteiger partial charge in [-0.2, -0.15) is 0 Å². The van der Waals surface area contributed by atoms with Crippen LogP contribution in [-0.4, -0.2) is 84.1 Å². The zero-order valence-electron chi connectivity index (χ0n) is 21.3. The minimum atomic E-state index is -1.93. The Bertz CT molecular complexity index is 1740. The van der Waals surface area contributed by atoms with Crippen molar-refractivity contribution in [3.8, 4) is 34.5 Å². The predicted octanol–water partition coefficient (Wildman–Crippen LogP) is 0.917. The summed E-state index contributed by atoms with van der Waals surface area (Å²) in [6, 6.07) is 8.73. The molecule has 1 fully saturated rings. The maximum atomic E-state index is 13.1. The van der Waals surface area contributed by atoms with Crippen molar-refractivity contribution >= 4 is 34.0 Å². The zero-order chi connectivity index (χ0) is 30.3. The van der Waals surface area contributed by atoms with E-state index in [1.807, 2.05) is 0 Å². The average Bonchev–Trinajstić information content (AvgIpc) is 2.95. The Morgan fingerprint density at radius 1 is 0.857 bits per heavy atom. The first-order valence-corrected chi connectivity index (χ1v) is 12.3. The molecule has 14 heteroatoms. The summed E-state index contributed by atoms with van der Waals surface area (Å²) in [6.07, 6.45) is -6.36. The van der Waals surface area contributed by atoms with Gasteiger partial charge in [-0.15, -0.1) is 0 Å². The van der Waals surface area contributed by atoms with Gasteiger partial charge >= 0.3 is 5.97 Å². The molecule has 0 saturated carbocycles. The maximum Gasteiger partial charge on any atom is 0.330 e. The number of rotatable bonds is 6. The molecule has 5 atom stereocenters. The topological polar surface area (TPSA) is 237 Å². The number of hydrogen-bond donors (Lipinski definition) is 8. The maximum absolute atomic E-state index is 13.1. The Kier molecular flexibility index (Phi) is 7.53. The van der Waals surface area contributed by atoms with Gasteiger partial charge in [0.05, 0.1) is 5.39 Å². The van der Waals surface area contributed by atoms with Crippen LogP contribution < -0.4 is 10.2 Å². The van der Waals surface area contributed by atoms with E-state index in [0.717, 1.165) is 24.3 Å². The molecule has 1 aliphatic rings. The number of aliphatic hydroxyl groups is 3. The van der Waals surface area contributed by atoms with E-state index in [-0.39, 0.29) is 22.3 Å². The van der Waals surface area contributed by atoms with E-state index in [1.165, 1.54) is 18.2 Å². The highest BCUT2D eigenvalue weighted by molar-refractivity contribution is 5.96. The Hall–Kier alpha value is -5.02. The van der Waals surface area contributed by atoms with Crippen LogP contribution in [0.5, 0.6) is 34.5 Å². The molecular formula is C28H24O14. The van der Waals surface area contributed by atoms with Crippen molar-refractivity contribution in [1.82, 2.24) is 0 Å². The average molecular weight is 584 g/mol. The monoisotopic (exact) mass is 584 g/mol. The van der Waals surface area contributed by atoms with Gasteiger partial charge in [0.2, 0.25) is 17.5 Å². The highest BCUT2D eigenvalue weighted by Gasteiger charge is 2.46. The largest absolute Gasteiger partial charge is 0.508 e. The molecule has 1 aromatic heterocycles. The smallest absolute Gasteiger partial charge is 0.330 e. The van der Waals surface area contributed by atoms with Gasteiger partial charge in [0, 0.05) is 18.2 Å². The number of carbonyl (C=O) groups excluding carboxylic acids is 1. The fourth-order valence-electron chi connectivity index (χ4n) is 4.33. The lowest BCUT2D eigenvalue weighted by molar-refractivity contribution is -0.278. The Morgan fingerprint density at radius 2 is 1.52 bits per heavy atom. The second kappa shape index (κ2) is 11.1. The molecule has 0 unspecified atom stereocenters. The molecule has 14 nitrogen and oxygen atoms in total. The summed E-state index contributed by atoms with van der Waals surface area (Å²) < 4.78 is 21.4. The van der Waals surface area contributed by atoms with Crippen molar-refractivity contribution in [2.24, 2.45) is 0 Å². The number of aliphatic hydroxyl groups excluding tert-OH is 3. The van der Waals surface area contributed by atoms with Gasteiger partial charge in [0.25, 0.3) is 0 Å². The summed E-state index contributed by atoms with van der Waals surface area (Å²) in [6.45, 7) is -0.606. The van der Waals surface area contributed by atoms with Gasteiger partial charge in [-0.25, -0.2) is 4.79 Å². The summed E-state index contributed by atoms with van der Waals surface area (Å²) in [5.74, 6) is -4.47. The molecule has 3 aromatic carbocycles. The van der Waals surface area contributed by atoms with E-state index in [1.54, 1.807) is 12.1 Å². The number of benzene rings is 3. The van der Waals surface area contributed by atoms with E-state index in [0.29, 0.717) is 5.56 Å². The molecule has 0 spiro atoms.